The van der Waals surface area contributed by atoms with E-state index in [1.165, 1.54) is 117 Å². The van der Waals surface area contributed by atoms with Gasteiger partial charge in [-0.2, -0.15) is 0 Å². The number of aromatic nitrogens is 4. The molecule has 21 rings (SSSR count). The Hall–Kier alpha value is -13.3. The summed E-state index contributed by atoms with van der Waals surface area (Å²) in [6, 6.07) is 90.9. The van der Waals surface area contributed by atoms with Gasteiger partial charge in [0.15, 0.2) is 24.8 Å². The summed E-state index contributed by atoms with van der Waals surface area (Å²) < 4.78 is 74.6. The lowest BCUT2D eigenvalue weighted by atomic mass is 9.96. The summed E-state index contributed by atoms with van der Waals surface area (Å²) in [5, 5.41) is 18.5. The van der Waals surface area contributed by atoms with Gasteiger partial charge in [0.2, 0.25) is 22.8 Å². The Bertz CT molecular complexity index is 7750. The maximum absolute atomic E-state index is 8.49. The Kier molecular flexibility index (Phi) is 17.2. The number of benzene rings is 13. The van der Waals surface area contributed by atoms with Crippen molar-refractivity contribution in [2.75, 3.05) is 0 Å². The molecule has 0 spiro atoms. The number of hydrogen-bond acceptors (Lipinski definition) is 4. The fourth-order valence-electron chi connectivity index (χ4n) is 17.3. The number of pyridine rings is 4. The van der Waals surface area contributed by atoms with Crippen molar-refractivity contribution in [3.63, 3.8) is 0 Å². The highest BCUT2D eigenvalue weighted by atomic mass is 16.3. The summed E-state index contributed by atoms with van der Waals surface area (Å²) >= 11 is 0. The molecule has 0 aliphatic heterocycles. The van der Waals surface area contributed by atoms with Gasteiger partial charge in [-0.15, -0.1) is 0 Å². The van der Waals surface area contributed by atoms with E-state index in [-0.39, 0.29) is 0 Å². The van der Waals surface area contributed by atoms with Crippen molar-refractivity contribution in [1.29, 1.82) is 0 Å². The van der Waals surface area contributed by atoms with Crippen LogP contribution in [-0.2, 0) is 28.2 Å². The Labute approximate surface area is 677 Å². The molecule has 0 bridgehead atoms. The van der Waals surface area contributed by atoms with Crippen LogP contribution >= 0.6 is 0 Å². The Balaban J connectivity index is 0.000000110. The molecule has 1 unspecified atom stereocenters. The maximum Gasteiger partial charge on any atom is 0.213 e. The first-order valence-electron chi connectivity index (χ1n) is 42.0. The van der Waals surface area contributed by atoms with E-state index in [0.29, 0.717) is 5.56 Å². The molecule has 0 radical (unpaired) electrons. The van der Waals surface area contributed by atoms with Crippen LogP contribution in [0.2, 0.25) is 0 Å². The average Bonchev–Trinajstić information content (AvgIpc) is 1.53. The first-order chi connectivity index (χ1) is 57.6. The smallest absolute Gasteiger partial charge is 0.213 e. The molecule has 0 amide bonds. The lowest BCUT2D eigenvalue weighted by Gasteiger charge is -2.10. The average molecular weight is 1500 g/mol. The second kappa shape index (κ2) is 29.3. The number of fused-ring (bicyclic) bond motifs is 20. The molecule has 0 saturated carbocycles. The molecule has 562 valence electrons. The van der Waals surface area contributed by atoms with Gasteiger partial charge in [0.1, 0.15) is 72.9 Å². The van der Waals surface area contributed by atoms with Gasteiger partial charge in [0.25, 0.3) is 0 Å². The monoisotopic (exact) mass is 1500 g/mol. The van der Waals surface area contributed by atoms with Crippen molar-refractivity contribution in [1.82, 2.24) is 0 Å². The van der Waals surface area contributed by atoms with Gasteiger partial charge in [-0.1, -0.05) is 173 Å². The van der Waals surface area contributed by atoms with E-state index in [4.69, 9.17) is 24.5 Å². The van der Waals surface area contributed by atoms with Crippen molar-refractivity contribution < 1.29 is 42.8 Å². The van der Waals surface area contributed by atoms with Gasteiger partial charge in [-0.05, 0) is 188 Å². The third kappa shape index (κ3) is 12.8. The first kappa shape index (κ1) is 67.4. The normalized spacial score (nSPS) is 13.1. The molecule has 0 saturated heterocycles. The van der Waals surface area contributed by atoms with Crippen LogP contribution in [0.25, 0.3) is 187 Å². The lowest BCUT2D eigenvalue weighted by Crippen LogP contribution is -2.31. The Morgan fingerprint density at radius 3 is 1.03 bits per heavy atom. The molecular weight excluding hydrogens is 1410 g/mol. The van der Waals surface area contributed by atoms with Gasteiger partial charge in [0, 0.05) is 142 Å². The quantitative estimate of drug-likeness (QED) is 0.149. The summed E-state index contributed by atoms with van der Waals surface area (Å²) in [6.45, 7) is 17.8. The Morgan fingerprint density at radius 1 is 0.270 bits per heavy atom. The van der Waals surface area contributed by atoms with Crippen LogP contribution in [0.1, 0.15) is 96.3 Å². The van der Waals surface area contributed by atoms with Crippen LogP contribution in [0.5, 0.6) is 0 Å². The zero-order chi connectivity index (χ0) is 83.7. The van der Waals surface area contributed by atoms with Crippen LogP contribution < -0.4 is 18.3 Å². The standard InChI is InChI=1S/C31H26NO.2C26H24NO.C24H20NO/c1-19-16-28-26-15-14-24(21(3)30(26)33-31(28)25-13-9-8-12-23(19)25)29-17-27(20(2)18-32(29)4)22-10-6-5-7-11-22;2*1-16(2)19-13-14-27(4)24(15-19)20-11-12-22-23-10-9-18-7-5-6-8-21(18)26(23)28-25(22)17(20)3;1-15-12-13-25(3)22(14-15)18-10-11-20-21-9-8-17-6-4-5-7-19(17)24(21)26-23(20)16(18)2/h5-18H,1-4H3;2*5-16H,1-4H3;4-14H,1-3H3/q4*+1/i;1D3,16D;16D;. The van der Waals surface area contributed by atoms with Crippen LogP contribution in [-0.4, -0.2) is 0 Å². The molecule has 8 heterocycles. The van der Waals surface area contributed by atoms with Crippen molar-refractivity contribution in [2.45, 2.75) is 87.9 Å². The van der Waals surface area contributed by atoms with Crippen LogP contribution in [0.3, 0.4) is 0 Å². The summed E-state index contributed by atoms with van der Waals surface area (Å²) in [5.41, 5.74) is 28.5. The molecule has 115 heavy (non-hydrogen) atoms. The van der Waals surface area contributed by atoms with E-state index in [1.54, 1.807) is 6.07 Å². The zero-order valence-corrected chi connectivity index (χ0v) is 67.6. The third-order valence-electron chi connectivity index (χ3n) is 23.7. The predicted octanol–water partition coefficient (Wildman–Crippen LogP) is 27.0. The van der Waals surface area contributed by atoms with Gasteiger partial charge in [-0.3, -0.25) is 0 Å². The van der Waals surface area contributed by atoms with Crippen LogP contribution in [0, 0.1) is 48.5 Å². The summed E-state index contributed by atoms with van der Waals surface area (Å²) in [4.78, 5) is 0. The van der Waals surface area contributed by atoms with Gasteiger partial charge in [-0.25, -0.2) is 18.3 Å². The van der Waals surface area contributed by atoms with E-state index < -0.39 is 18.6 Å². The van der Waals surface area contributed by atoms with E-state index in [0.717, 1.165) is 122 Å². The second-order valence-electron chi connectivity index (χ2n) is 31.4. The van der Waals surface area contributed by atoms with Crippen molar-refractivity contribution >= 4 is 131 Å². The fraction of sp³-hybridized carbons (Fsp3) is 0.159. The first-order valence-corrected chi connectivity index (χ1v) is 39.5. The minimum absolute atomic E-state index is 0.459. The van der Waals surface area contributed by atoms with Crippen LogP contribution in [0.4, 0.5) is 0 Å². The topological polar surface area (TPSA) is 68.1 Å². The highest BCUT2D eigenvalue weighted by molar-refractivity contribution is 6.20. The van der Waals surface area contributed by atoms with Crippen LogP contribution in [0.15, 0.2) is 303 Å². The van der Waals surface area contributed by atoms with Crippen molar-refractivity contribution in [2.24, 2.45) is 28.2 Å². The maximum atomic E-state index is 8.49. The van der Waals surface area contributed by atoms with Crippen molar-refractivity contribution in [3.05, 3.63) is 336 Å². The number of hydrogen-bond donors (Lipinski definition) is 0. The molecule has 0 fully saturated rings. The molecule has 0 aliphatic carbocycles. The molecule has 0 aliphatic rings. The molecule has 13 aromatic carbocycles. The number of rotatable bonds is 7. The van der Waals surface area contributed by atoms with E-state index >= 15 is 0 Å². The molecule has 1 atom stereocenters. The third-order valence-corrected chi connectivity index (χ3v) is 23.7. The molecular formula is C107H94N4O4+4. The number of nitrogens with zero attached hydrogens (tertiary/aromatic N) is 4. The number of furan rings is 4. The van der Waals surface area contributed by atoms with Gasteiger partial charge < -0.3 is 17.7 Å². The predicted molar refractivity (Wildman–Crippen MR) is 478 cm³/mol. The molecule has 21 aromatic rings. The highest BCUT2D eigenvalue weighted by Crippen LogP contribution is 2.45. The molecule has 8 aromatic heterocycles. The minimum atomic E-state index is -2.43. The summed E-state index contributed by atoms with van der Waals surface area (Å²) in [5.74, 6) is -2.34. The van der Waals surface area contributed by atoms with E-state index in [2.05, 4.69) is 312 Å². The molecule has 8 heteroatoms. The van der Waals surface area contributed by atoms with E-state index in [1.807, 2.05) is 76.1 Å². The highest BCUT2D eigenvalue weighted by Gasteiger charge is 2.26. The summed E-state index contributed by atoms with van der Waals surface area (Å²) in [6.07, 6.45) is 8.19. The Morgan fingerprint density at radius 2 is 0.600 bits per heavy atom. The van der Waals surface area contributed by atoms with Gasteiger partial charge >= 0.3 is 0 Å². The number of aryl methyl sites for hydroxylation is 11. The molecule has 0 N–H and O–H groups in total. The van der Waals surface area contributed by atoms with Gasteiger partial charge in [0.05, 0.1) is 22.3 Å². The molecule has 8 nitrogen and oxygen atoms in total. The largest absolute Gasteiger partial charge is 0.455 e. The fourth-order valence-corrected chi connectivity index (χ4v) is 17.3. The summed E-state index contributed by atoms with van der Waals surface area (Å²) in [7, 11) is 8.18. The van der Waals surface area contributed by atoms with Crippen molar-refractivity contribution in [3.8, 4) is 56.2 Å². The second-order valence-corrected chi connectivity index (χ2v) is 31.4. The lowest BCUT2D eigenvalue weighted by molar-refractivity contribution is -0.660. The zero-order valence-electron chi connectivity index (χ0n) is 72.6. The minimum Gasteiger partial charge on any atom is -0.455 e. The van der Waals surface area contributed by atoms with E-state index in [9.17, 15) is 0 Å². The SMILES string of the molecule is Cc1c[n+](C)c(-c2ccc3c(oc4c5ccccc5c(C)cc34)c2C)cc1-c1ccccc1.Cc1cc[n+](C)c(-c2ccc3c(oc4c5ccccc5ccc34)c2C)c1.[2H]C(C)(C)c1cc[n+](C)c(-c2ccc3c(oc4c5ccccc5ccc34)c2C)c1.[2H]C([2H])([2H])C([2H])(C)c1cc[n+](C)c(-c2ccc3c(oc4c5ccccc5ccc34)c2C)c1.